The molecule has 0 atom stereocenters. The maximum Gasteiger partial charge on any atom is 0.243 e. The predicted octanol–water partition coefficient (Wildman–Crippen LogP) is 0.943. The molecule has 0 radical (unpaired) electrons. The van der Waals surface area contributed by atoms with Crippen molar-refractivity contribution in [2.75, 3.05) is 18.9 Å². The summed E-state index contributed by atoms with van der Waals surface area (Å²) < 4.78 is 39.4. The van der Waals surface area contributed by atoms with E-state index in [1.165, 1.54) is 10.4 Å². The summed E-state index contributed by atoms with van der Waals surface area (Å²) in [4.78, 5) is -0.162. The minimum absolute atomic E-state index is 0.0173. The molecule has 1 aromatic rings. The number of hydrogen-bond acceptors (Lipinski definition) is 4. The van der Waals surface area contributed by atoms with E-state index in [0.717, 1.165) is 31.4 Å². The number of aliphatic hydroxyl groups is 1. The van der Waals surface area contributed by atoms with Crippen molar-refractivity contribution < 1.29 is 17.9 Å². The molecule has 7 heteroatoms. The van der Waals surface area contributed by atoms with E-state index < -0.39 is 15.8 Å². The van der Waals surface area contributed by atoms with Crippen LogP contribution >= 0.6 is 0 Å². The molecule has 2 rings (SSSR count). The summed E-state index contributed by atoms with van der Waals surface area (Å²) in [6, 6.07) is 3.15. The zero-order valence-corrected chi connectivity index (χ0v) is 11.2. The summed E-state index contributed by atoms with van der Waals surface area (Å²) in [6.07, 6.45) is 2.50. The van der Waals surface area contributed by atoms with Crippen LogP contribution in [0.4, 0.5) is 10.1 Å². The average molecular weight is 288 g/mol. The van der Waals surface area contributed by atoms with E-state index in [-0.39, 0.29) is 29.8 Å². The molecule has 1 aromatic carbocycles. The smallest absolute Gasteiger partial charge is 0.243 e. The van der Waals surface area contributed by atoms with Crippen molar-refractivity contribution in [1.82, 2.24) is 4.31 Å². The fourth-order valence-corrected chi connectivity index (χ4v) is 3.88. The van der Waals surface area contributed by atoms with Crippen LogP contribution in [0.3, 0.4) is 0 Å². The third kappa shape index (κ3) is 2.88. The molecule has 0 saturated heterocycles. The summed E-state index contributed by atoms with van der Waals surface area (Å²) in [5.74, 6) is -0.684. The number of halogens is 1. The van der Waals surface area contributed by atoms with Gasteiger partial charge in [0.1, 0.15) is 5.82 Å². The highest BCUT2D eigenvalue weighted by molar-refractivity contribution is 7.89. The Bertz CT molecular complexity index is 538. The van der Waals surface area contributed by atoms with Gasteiger partial charge >= 0.3 is 0 Å². The quantitative estimate of drug-likeness (QED) is 0.790. The Kier molecular flexibility index (Phi) is 4.07. The maximum atomic E-state index is 13.3. The molecule has 0 unspecified atom stereocenters. The second kappa shape index (κ2) is 5.44. The Morgan fingerprint density at radius 3 is 2.53 bits per heavy atom. The number of benzene rings is 1. The highest BCUT2D eigenvalue weighted by Gasteiger charge is 2.34. The third-order valence-electron chi connectivity index (χ3n) is 3.30. The van der Waals surface area contributed by atoms with E-state index in [2.05, 4.69) is 0 Å². The van der Waals surface area contributed by atoms with Gasteiger partial charge in [0.05, 0.1) is 11.5 Å². The normalized spacial score (nSPS) is 16.6. The standard InChI is InChI=1S/C12H17FN2O3S/c13-9-6-10(14)8-12(7-9)19(17,18)15(4-5-16)11-2-1-3-11/h6-8,11,16H,1-5,14H2. The maximum absolute atomic E-state index is 13.3. The van der Waals surface area contributed by atoms with Crippen LogP contribution in [-0.2, 0) is 10.0 Å². The summed E-state index contributed by atoms with van der Waals surface area (Å²) in [5, 5.41) is 9.02. The van der Waals surface area contributed by atoms with Gasteiger partial charge in [-0.05, 0) is 31.0 Å². The lowest BCUT2D eigenvalue weighted by atomic mass is 9.93. The molecule has 3 N–H and O–H groups in total. The predicted molar refractivity (Wildman–Crippen MR) is 69.4 cm³/mol. The van der Waals surface area contributed by atoms with E-state index in [9.17, 15) is 12.8 Å². The number of anilines is 1. The molecule has 0 heterocycles. The lowest BCUT2D eigenvalue weighted by Gasteiger charge is -2.36. The fourth-order valence-electron chi connectivity index (χ4n) is 2.14. The number of rotatable bonds is 5. The fraction of sp³-hybridized carbons (Fsp3) is 0.500. The van der Waals surface area contributed by atoms with Gasteiger partial charge < -0.3 is 10.8 Å². The zero-order valence-electron chi connectivity index (χ0n) is 10.4. The van der Waals surface area contributed by atoms with Crippen molar-refractivity contribution in [1.29, 1.82) is 0 Å². The number of nitrogens with zero attached hydrogens (tertiary/aromatic N) is 1. The first-order valence-corrected chi connectivity index (χ1v) is 7.58. The van der Waals surface area contributed by atoms with Gasteiger partial charge in [-0.2, -0.15) is 4.31 Å². The monoisotopic (exact) mass is 288 g/mol. The van der Waals surface area contributed by atoms with E-state index in [4.69, 9.17) is 10.8 Å². The summed E-state index contributed by atoms with van der Waals surface area (Å²) in [7, 11) is -3.81. The van der Waals surface area contributed by atoms with E-state index in [1.807, 2.05) is 0 Å². The summed E-state index contributed by atoms with van der Waals surface area (Å²) >= 11 is 0. The molecule has 1 aliphatic rings. The lowest BCUT2D eigenvalue weighted by Crippen LogP contribution is -2.45. The number of sulfonamides is 1. The van der Waals surface area contributed by atoms with Crippen molar-refractivity contribution >= 4 is 15.7 Å². The van der Waals surface area contributed by atoms with E-state index in [1.54, 1.807) is 0 Å². The van der Waals surface area contributed by atoms with Crippen molar-refractivity contribution in [3.8, 4) is 0 Å². The topological polar surface area (TPSA) is 83.6 Å². The zero-order chi connectivity index (χ0) is 14.0. The molecular formula is C12H17FN2O3S. The van der Waals surface area contributed by atoms with Crippen LogP contribution in [0.1, 0.15) is 19.3 Å². The first kappa shape index (κ1) is 14.2. The van der Waals surface area contributed by atoms with Crippen LogP contribution in [0.15, 0.2) is 23.1 Å². The molecule has 1 saturated carbocycles. The summed E-state index contributed by atoms with van der Waals surface area (Å²) in [5.41, 5.74) is 5.55. The molecule has 0 aromatic heterocycles. The van der Waals surface area contributed by atoms with Crippen molar-refractivity contribution in [2.24, 2.45) is 0 Å². The van der Waals surface area contributed by atoms with Gasteiger partial charge in [0.15, 0.2) is 0 Å². The van der Waals surface area contributed by atoms with Gasteiger partial charge in [-0.15, -0.1) is 0 Å². The van der Waals surface area contributed by atoms with Crippen LogP contribution in [-0.4, -0.2) is 37.0 Å². The number of aliphatic hydroxyl groups excluding tert-OH is 1. The highest BCUT2D eigenvalue weighted by Crippen LogP contribution is 2.30. The average Bonchev–Trinajstić information content (AvgIpc) is 2.24. The molecule has 0 aliphatic heterocycles. The molecule has 0 bridgehead atoms. The van der Waals surface area contributed by atoms with Gasteiger partial charge in [-0.1, -0.05) is 6.42 Å². The minimum Gasteiger partial charge on any atom is -0.399 e. The SMILES string of the molecule is Nc1cc(F)cc(S(=O)(=O)N(CCO)C2CCC2)c1. The second-order valence-corrected chi connectivity index (χ2v) is 6.53. The molecule has 0 amide bonds. The van der Waals surface area contributed by atoms with Crippen LogP contribution in [0, 0.1) is 5.82 Å². The van der Waals surface area contributed by atoms with Gasteiger partial charge in [0.25, 0.3) is 0 Å². The van der Waals surface area contributed by atoms with Gasteiger partial charge in [0.2, 0.25) is 10.0 Å². The Balaban J connectivity index is 2.37. The Morgan fingerprint density at radius 2 is 2.05 bits per heavy atom. The van der Waals surface area contributed by atoms with Crippen molar-refractivity contribution in [2.45, 2.75) is 30.2 Å². The van der Waals surface area contributed by atoms with Crippen molar-refractivity contribution in [3.63, 3.8) is 0 Å². The van der Waals surface area contributed by atoms with Crippen molar-refractivity contribution in [3.05, 3.63) is 24.0 Å². The number of hydrogen-bond donors (Lipinski definition) is 2. The van der Waals surface area contributed by atoms with Crippen LogP contribution in [0.2, 0.25) is 0 Å². The lowest BCUT2D eigenvalue weighted by molar-refractivity contribution is 0.178. The van der Waals surface area contributed by atoms with E-state index in [0.29, 0.717) is 0 Å². The number of nitrogen functional groups attached to an aromatic ring is 1. The largest absolute Gasteiger partial charge is 0.399 e. The van der Waals surface area contributed by atoms with Crippen LogP contribution in [0.25, 0.3) is 0 Å². The Labute approximate surface area is 111 Å². The van der Waals surface area contributed by atoms with Gasteiger partial charge in [-0.25, -0.2) is 12.8 Å². The molecular weight excluding hydrogens is 271 g/mol. The Morgan fingerprint density at radius 1 is 1.37 bits per heavy atom. The minimum atomic E-state index is -3.81. The highest BCUT2D eigenvalue weighted by atomic mass is 32.2. The third-order valence-corrected chi connectivity index (χ3v) is 5.23. The van der Waals surface area contributed by atoms with Crippen LogP contribution in [0.5, 0.6) is 0 Å². The second-order valence-electron chi connectivity index (χ2n) is 4.64. The first-order valence-electron chi connectivity index (χ1n) is 6.14. The molecule has 19 heavy (non-hydrogen) atoms. The van der Waals surface area contributed by atoms with Gasteiger partial charge in [-0.3, -0.25) is 0 Å². The molecule has 0 spiro atoms. The Hall–Kier alpha value is -1.18. The summed E-state index contributed by atoms with van der Waals surface area (Å²) in [6.45, 7) is -0.246. The molecule has 1 fully saturated rings. The van der Waals surface area contributed by atoms with Crippen LogP contribution < -0.4 is 5.73 Å². The molecule has 106 valence electrons. The molecule has 5 nitrogen and oxygen atoms in total. The van der Waals surface area contributed by atoms with E-state index >= 15 is 0 Å². The van der Waals surface area contributed by atoms with Gasteiger partial charge in [0, 0.05) is 18.3 Å². The number of nitrogens with two attached hydrogens (primary N) is 1. The first-order chi connectivity index (χ1) is 8.95. The molecule has 1 aliphatic carbocycles.